The molecule has 0 aromatic heterocycles. The first kappa shape index (κ1) is 21.8. The summed E-state index contributed by atoms with van der Waals surface area (Å²) in [6, 6.07) is 6.08. The monoisotopic (exact) mass is 390 g/mol. The van der Waals surface area contributed by atoms with Crippen molar-refractivity contribution in [2.45, 2.75) is 39.7 Å². The molecule has 1 fully saturated rings. The van der Waals surface area contributed by atoms with Gasteiger partial charge in [0.05, 0.1) is 11.5 Å². The van der Waals surface area contributed by atoms with Crippen LogP contribution in [0.15, 0.2) is 24.3 Å². The summed E-state index contributed by atoms with van der Waals surface area (Å²) in [7, 11) is 1.66. The number of piperidine rings is 1. The third-order valence-electron chi connectivity index (χ3n) is 5.51. The number of amides is 2. The van der Waals surface area contributed by atoms with E-state index in [1.165, 1.54) is 17.0 Å². The maximum absolute atomic E-state index is 12.5. The highest BCUT2D eigenvalue weighted by atomic mass is 16.6. The van der Waals surface area contributed by atoms with Gasteiger partial charge in [0.15, 0.2) is 0 Å². The smallest absolute Gasteiger partial charge is 0.269 e. The molecule has 1 saturated heterocycles. The Kier molecular flexibility index (Phi) is 7.51. The number of nitrogens with one attached hydrogen (secondary N) is 1. The van der Waals surface area contributed by atoms with Gasteiger partial charge in [0.1, 0.15) is 0 Å². The second kappa shape index (κ2) is 9.64. The molecule has 1 heterocycles. The predicted molar refractivity (Wildman–Crippen MR) is 108 cm³/mol. The fourth-order valence-corrected chi connectivity index (χ4v) is 3.10. The van der Waals surface area contributed by atoms with E-state index in [1.807, 2.05) is 6.92 Å². The van der Waals surface area contributed by atoms with E-state index in [1.54, 1.807) is 19.2 Å². The minimum Gasteiger partial charge on any atom is -0.353 e. The number of rotatable bonds is 7. The van der Waals surface area contributed by atoms with Gasteiger partial charge < -0.3 is 10.2 Å². The lowest BCUT2D eigenvalue weighted by Crippen LogP contribution is -2.46. The number of anilines is 1. The molecule has 1 aliphatic rings. The predicted octanol–water partition coefficient (Wildman–Crippen LogP) is 2.43. The van der Waals surface area contributed by atoms with E-state index in [0.717, 1.165) is 12.8 Å². The van der Waals surface area contributed by atoms with Crippen LogP contribution in [0.4, 0.5) is 11.4 Å². The highest BCUT2D eigenvalue weighted by molar-refractivity contribution is 5.94. The van der Waals surface area contributed by atoms with Crippen LogP contribution in [0.2, 0.25) is 0 Å². The van der Waals surface area contributed by atoms with Gasteiger partial charge in [-0.2, -0.15) is 0 Å². The number of nitro benzene ring substituents is 1. The number of likely N-dealkylation sites (N-methyl/N-ethyl adjacent to an activating group) is 1. The van der Waals surface area contributed by atoms with E-state index in [2.05, 4.69) is 24.1 Å². The molecule has 0 aliphatic carbocycles. The standard InChI is InChI=1S/C20H30N4O4/c1-14(2)15(3)21-20(26)16-9-11-23(12-10-16)13-19(25)22(4)17-5-7-18(8-6-17)24(27)28/h5-8,14-16H,9-13H2,1-4H3,(H,21,26). The molecular formula is C20H30N4O4. The summed E-state index contributed by atoms with van der Waals surface area (Å²) in [5.41, 5.74) is 0.615. The van der Waals surface area contributed by atoms with Crippen LogP contribution in [0.5, 0.6) is 0 Å². The Labute approximate surface area is 166 Å². The van der Waals surface area contributed by atoms with Crippen LogP contribution in [0.3, 0.4) is 0 Å². The Bertz CT molecular complexity index is 697. The van der Waals surface area contributed by atoms with E-state index in [4.69, 9.17) is 0 Å². The molecule has 1 aromatic carbocycles. The van der Waals surface area contributed by atoms with Crippen LogP contribution in [-0.2, 0) is 9.59 Å². The fourth-order valence-electron chi connectivity index (χ4n) is 3.10. The van der Waals surface area contributed by atoms with Crippen molar-refractivity contribution in [1.82, 2.24) is 10.2 Å². The Morgan fingerprint density at radius 2 is 1.79 bits per heavy atom. The zero-order valence-electron chi connectivity index (χ0n) is 17.1. The fraction of sp³-hybridized carbons (Fsp3) is 0.600. The first-order valence-corrected chi connectivity index (χ1v) is 9.72. The lowest BCUT2D eigenvalue weighted by atomic mass is 9.95. The zero-order chi connectivity index (χ0) is 20.8. The van der Waals surface area contributed by atoms with Crippen molar-refractivity contribution < 1.29 is 14.5 Å². The van der Waals surface area contributed by atoms with E-state index in [0.29, 0.717) is 24.7 Å². The molecular weight excluding hydrogens is 360 g/mol. The number of likely N-dealkylation sites (tertiary alicyclic amines) is 1. The number of carbonyl (C=O) groups is 2. The van der Waals surface area contributed by atoms with E-state index in [-0.39, 0.29) is 36.0 Å². The molecule has 1 N–H and O–H groups in total. The molecule has 1 aromatic rings. The maximum Gasteiger partial charge on any atom is 0.269 e. The molecule has 154 valence electrons. The van der Waals surface area contributed by atoms with Gasteiger partial charge in [-0.25, -0.2) is 0 Å². The number of hydrogen-bond acceptors (Lipinski definition) is 5. The molecule has 2 rings (SSSR count). The van der Waals surface area contributed by atoms with E-state index < -0.39 is 4.92 Å². The van der Waals surface area contributed by atoms with Gasteiger partial charge in [-0.05, 0) is 50.9 Å². The van der Waals surface area contributed by atoms with Gasteiger partial charge in [-0.15, -0.1) is 0 Å². The Hall–Kier alpha value is -2.48. The van der Waals surface area contributed by atoms with Crippen molar-refractivity contribution in [3.05, 3.63) is 34.4 Å². The molecule has 0 bridgehead atoms. The quantitative estimate of drug-likeness (QED) is 0.570. The van der Waals surface area contributed by atoms with Gasteiger partial charge in [0, 0.05) is 36.8 Å². The zero-order valence-corrected chi connectivity index (χ0v) is 17.1. The average Bonchev–Trinajstić information content (AvgIpc) is 2.67. The number of non-ortho nitro benzene ring substituents is 1. The van der Waals surface area contributed by atoms with Crippen molar-refractivity contribution in [2.24, 2.45) is 11.8 Å². The highest BCUT2D eigenvalue weighted by Crippen LogP contribution is 2.21. The summed E-state index contributed by atoms with van der Waals surface area (Å²) in [4.78, 5) is 38.7. The first-order chi connectivity index (χ1) is 13.2. The van der Waals surface area contributed by atoms with Crippen molar-refractivity contribution in [2.75, 3.05) is 31.6 Å². The van der Waals surface area contributed by atoms with E-state index in [9.17, 15) is 19.7 Å². The molecule has 1 aliphatic heterocycles. The summed E-state index contributed by atoms with van der Waals surface area (Å²) in [5.74, 6) is 0.428. The number of carbonyl (C=O) groups excluding carboxylic acids is 2. The van der Waals surface area contributed by atoms with Crippen LogP contribution in [0.25, 0.3) is 0 Å². The van der Waals surface area contributed by atoms with Crippen molar-refractivity contribution in [3.8, 4) is 0 Å². The molecule has 8 nitrogen and oxygen atoms in total. The number of nitro groups is 1. The first-order valence-electron chi connectivity index (χ1n) is 9.72. The van der Waals surface area contributed by atoms with Gasteiger partial charge in [0.25, 0.3) is 5.69 Å². The number of hydrogen-bond donors (Lipinski definition) is 1. The van der Waals surface area contributed by atoms with Crippen LogP contribution in [0.1, 0.15) is 33.6 Å². The molecule has 0 radical (unpaired) electrons. The van der Waals surface area contributed by atoms with Crippen molar-refractivity contribution in [1.29, 1.82) is 0 Å². The topological polar surface area (TPSA) is 95.8 Å². The third kappa shape index (κ3) is 5.76. The molecule has 1 atom stereocenters. The van der Waals surface area contributed by atoms with Crippen LogP contribution in [-0.4, -0.2) is 54.4 Å². The third-order valence-corrected chi connectivity index (χ3v) is 5.51. The largest absolute Gasteiger partial charge is 0.353 e. The minimum absolute atomic E-state index is 0.0000425. The Morgan fingerprint density at radius 1 is 1.21 bits per heavy atom. The summed E-state index contributed by atoms with van der Waals surface area (Å²) >= 11 is 0. The molecule has 8 heteroatoms. The maximum atomic E-state index is 12.5. The van der Waals surface area contributed by atoms with Crippen LogP contribution < -0.4 is 10.2 Å². The van der Waals surface area contributed by atoms with Gasteiger partial charge in [0.2, 0.25) is 11.8 Å². The average molecular weight is 390 g/mol. The van der Waals surface area contributed by atoms with E-state index >= 15 is 0 Å². The second-order valence-corrected chi connectivity index (χ2v) is 7.82. The van der Waals surface area contributed by atoms with Crippen molar-refractivity contribution >= 4 is 23.2 Å². The molecule has 2 amide bonds. The van der Waals surface area contributed by atoms with Crippen LogP contribution >= 0.6 is 0 Å². The summed E-state index contributed by atoms with van der Waals surface area (Å²) in [5, 5.41) is 13.8. The van der Waals surface area contributed by atoms with Crippen molar-refractivity contribution in [3.63, 3.8) is 0 Å². The summed E-state index contributed by atoms with van der Waals surface area (Å²) in [6.45, 7) is 7.86. The summed E-state index contributed by atoms with van der Waals surface area (Å²) in [6.07, 6.45) is 1.48. The SMILES string of the molecule is CC(C)C(C)NC(=O)C1CCN(CC(=O)N(C)c2ccc([N+](=O)[O-])cc2)CC1. The lowest BCUT2D eigenvalue weighted by molar-refractivity contribution is -0.384. The van der Waals surface area contributed by atoms with Gasteiger partial charge in [-0.3, -0.25) is 24.6 Å². The molecule has 28 heavy (non-hydrogen) atoms. The Morgan fingerprint density at radius 3 is 2.29 bits per heavy atom. The highest BCUT2D eigenvalue weighted by Gasteiger charge is 2.27. The second-order valence-electron chi connectivity index (χ2n) is 7.82. The summed E-state index contributed by atoms with van der Waals surface area (Å²) < 4.78 is 0. The molecule has 0 spiro atoms. The molecule has 1 unspecified atom stereocenters. The number of nitrogens with zero attached hydrogens (tertiary/aromatic N) is 3. The van der Waals surface area contributed by atoms with Crippen LogP contribution in [0, 0.1) is 22.0 Å². The van der Waals surface area contributed by atoms with Gasteiger partial charge in [-0.1, -0.05) is 13.8 Å². The lowest BCUT2D eigenvalue weighted by Gasteiger charge is -2.32. The molecule has 0 saturated carbocycles. The number of benzene rings is 1. The normalized spacial score (nSPS) is 16.6. The minimum atomic E-state index is -0.464. The Balaban J connectivity index is 1.82. The van der Waals surface area contributed by atoms with Gasteiger partial charge >= 0.3 is 0 Å².